The first-order chi connectivity index (χ1) is 9.52. The second-order valence-electron chi connectivity index (χ2n) is 4.93. The molecule has 0 atom stereocenters. The molecule has 5 nitrogen and oxygen atoms in total. The van der Waals surface area contributed by atoms with Gasteiger partial charge in [-0.1, -0.05) is 5.16 Å². The molecular weight excluding hydrogens is 263 g/mol. The van der Waals surface area contributed by atoms with Crippen molar-refractivity contribution in [2.45, 2.75) is 19.8 Å². The minimum atomic E-state index is -0.500. The number of oxime groups is 1. The highest BCUT2D eigenvalue weighted by Gasteiger charge is 2.27. The van der Waals surface area contributed by atoms with E-state index in [1.165, 1.54) is 13.0 Å². The van der Waals surface area contributed by atoms with E-state index in [1.54, 1.807) is 4.90 Å². The fraction of sp³-hybridized carbons (Fsp3) is 0.429. The van der Waals surface area contributed by atoms with Gasteiger partial charge in [-0.15, -0.1) is 0 Å². The monoisotopic (exact) mass is 280 g/mol. The minimum absolute atomic E-state index is 0.0135. The summed E-state index contributed by atoms with van der Waals surface area (Å²) in [6.07, 6.45) is 1.24. The summed E-state index contributed by atoms with van der Waals surface area (Å²) in [5, 5.41) is 22.2. The van der Waals surface area contributed by atoms with Crippen molar-refractivity contribution in [1.29, 1.82) is 0 Å². The summed E-state index contributed by atoms with van der Waals surface area (Å²) in [4.78, 5) is 13.0. The molecule has 2 rings (SSSR count). The van der Waals surface area contributed by atoms with Gasteiger partial charge in [-0.3, -0.25) is 4.79 Å². The van der Waals surface area contributed by atoms with Crippen molar-refractivity contribution in [1.82, 2.24) is 4.90 Å². The highest BCUT2D eigenvalue weighted by Crippen LogP contribution is 2.27. The Morgan fingerprint density at radius 1 is 1.40 bits per heavy atom. The quantitative estimate of drug-likeness (QED) is 0.494. The molecule has 1 aromatic rings. The average molecular weight is 280 g/mol. The Kier molecular flexibility index (Phi) is 4.22. The van der Waals surface area contributed by atoms with E-state index in [9.17, 15) is 19.5 Å². The van der Waals surface area contributed by atoms with Gasteiger partial charge in [0, 0.05) is 31.5 Å². The van der Waals surface area contributed by atoms with Gasteiger partial charge < -0.3 is 15.2 Å². The molecular formula is C14H17FN2O3. The summed E-state index contributed by atoms with van der Waals surface area (Å²) < 4.78 is 13.3. The Morgan fingerprint density at radius 2 is 2.05 bits per heavy atom. The maximum atomic E-state index is 13.3. The Balaban J connectivity index is 2.18. The molecule has 20 heavy (non-hydrogen) atoms. The SMILES string of the molecule is CC(=O)N1CCC(/C(=N\O)c2cc(F)ccc2O)CC1. The van der Waals surface area contributed by atoms with E-state index in [0.29, 0.717) is 25.9 Å². The van der Waals surface area contributed by atoms with Gasteiger partial charge in [0.25, 0.3) is 0 Å². The van der Waals surface area contributed by atoms with Gasteiger partial charge in [-0.05, 0) is 31.0 Å². The van der Waals surface area contributed by atoms with Gasteiger partial charge in [-0.2, -0.15) is 0 Å². The normalized spacial score (nSPS) is 17.3. The summed E-state index contributed by atoms with van der Waals surface area (Å²) >= 11 is 0. The average Bonchev–Trinajstić information content (AvgIpc) is 2.44. The highest BCUT2D eigenvalue weighted by atomic mass is 19.1. The first-order valence-corrected chi connectivity index (χ1v) is 6.49. The van der Waals surface area contributed by atoms with E-state index < -0.39 is 5.82 Å². The number of aromatic hydroxyl groups is 1. The zero-order valence-corrected chi connectivity index (χ0v) is 11.2. The second-order valence-corrected chi connectivity index (χ2v) is 4.93. The van der Waals surface area contributed by atoms with Gasteiger partial charge in [0.15, 0.2) is 0 Å². The molecule has 0 spiro atoms. The molecule has 0 radical (unpaired) electrons. The van der Waals surface area contributed by atoms with Crippen LogP contribution in [0.2, 0.25) is 0 Å². The first-order valence-electron chi connectivity index (χ1n) is 6.49. The zero-order chi connectivity index (χ0) is 14.7. The number of rotatable bonds is 2. The van der Waals surface area contributed by atoms with Gasteiger partial charge in [0.1, 0.15) is 11.6 Å². The molecule has 0 saturated carbocycles. The number of halogens is 1. The third kappa shape index (κ3) is 2.89. The van der Waals surface area contributed by atoms with Crippen molar-refractivity contribution in [3.05, 3.63) is 29.6 Å². The predicted octanol–water partition coefficient (Wildman–Crippen LogP) is 1.97. The number of phenols is 1. The minimum Gasteiger partial charge on any atom is -0.507 e. The molecule has 1 aliphatic rings. The van der Waals surface area contributed by atoms with E-state index in [4.69, 9.17) is 0 Å². The van der Waals surface area contributed by atoms with Crippen LogP contribution in [-0.2, 0) is 4.79 Å². The van der Waals surface area contributed by atoms with Crippen molar-refractivity contribution in [3.8, 4) is 5.75 Å². The van der Waals surface area contributed by atoms with E-state index in [1.807, 2.05) is 0 Å². The molecule has 108 valence electrons. The Labute approximate surface area is 116 Å². The lowest BCUT2D eigenvalue weighted by atomic mass is 9.87. The van der Waals surface area contributed by atoms with Crippen molar-refractivity contribution in [2.24, 2.45) is 11.1 Å². The van der Waals surface area contributed by atoms with Gasteiger partial charge >= 0.3 is 0 Å². The lowest BCUT2D eigenvalue weighted by Crippen LogP contribution is -2.39. The predicted molar refractivity (Wildman–Crippen MR) is 71.4 cm³/mol. The van der Waals surface area contributed by atoms with Crippen LogP contribution in [0.15, 0.2) is 23.4 Å². The van der Waals surface area contributed by atoms with Gasteiger partial charge in [0.2, 0.25) is 5.91 Å². The molecule has 1 saturated heterocycles. The first kappa shape index (κ1) is 14.3. The number of hydrogen-bond acceptors (Lipinski definition) is 4. The molecule has 1 aromatic carbocycles. The number of benzene rings is 1. The number of likely N-dealkylation sites (tertiary alicyclic amines) is 1. The van der Waals surface area contributed by atoms with Crippen LogP contribution in [0, 0.1) is 11.7 Å². The molecule has 1 fully saturated rings. The van der Waals surface area contributed by atoms with Crippen LogP contribution in [0.3, 0.4) is 0 Å². The summed E-state index contributed by atoms with van der Waals surface area (Å²) in [7, 11) is 0. The summed E-state index contributed by atoms with van der Waals surface area (Å²) in [5.74, 6) is -0.712. The number of nitrogens with zero attached hydrogens (tertiary/aromatic N) is 2. The maximum Gasteiger partial charge on any atom is 0.219 e. The fourth-order valence-electron chi connectivity index (χ4n) is 2.54. The molecule has 6 heteroatoms. The van der Waals surface area contributed by atoms with Crippen molar-refractivity contribution >= 4 is 11.6 Å². The van der Waals surface area contributed by atoms with E-state index in [0.717, 1.165) is 12.1 Å². The number of carbonyl (C=O) groups is 1. The Bertz CT molecular complexity index is 537. The summed E-state index contributed by atoms with van der Waals surface area (Å²) in [5.41, 5.74) is 0.471. The Hall–Kier alpha value is -2.11. The molecule has 2 N–H and O–H groups in total. The van der Waals surface area contributed by atoms with E-state index in [-0.39, 0.29) is 28.8 Å². The van der Waals surface area contributed by atoms with Crippen LogP contribution >= 0.6 is 0 Å². The standard InChI is InChI=1S/C14H17FN2O3/c1-9(18)17-6-4-10(5-7-17)14(16-20)12-8-11(15)2-3-13(12)19/h2-3,8,10,19-20H,4-7H2,1H3/b16-14+. The number of hydrogen-bond donors (Lipinski definition) is 2. The number of carbonyl (C=O) groups excluding carboxylic acids is 1. The third-order valence-corrected chi connectivity index (χ3v) is 3.67. The summed E-state index contributed by atoms with van der Waals surface area (Å²) in [6.45, 7) is 2.64. The topological polar surface area (TPSA) is 73.1 Å². The molecule has 0 aliphatic carbocycles. The van der Waals surface area contributed by atoms with Crippen LogP contribution in [0.25, 0.3) is 0 Å². The van der Waals surface area contributed by atoms with Crippen LogP contribution in [0.5, 0.6) is 5.75 Å². The third-order valence-electron chi connectivity index (χ3n) is 3.67. The van der Waals surface area contributed by atoms with Crippen molar-refractivity contribution < 1.29 is 19.5 Å². The van der Waals surface area contributed by atoms with Crippen LogP contribution in [0.1, 0.15) is 25.3 Å². The second kappa shape index (κ2) is 5.90. The van der Waals surface area contributed by atoms with Crippen LogP contribution < -0.4 is 0 Å². The fourth-order valence-corrected chi connectivity index (χ4v) is 2.54. The molecule has 1 amide bonds. The van der Waals surface area contributed by atoms with E-state index in [2.05, 4.69) is 5.16 Å². The Morgan fingerprint density at radius 3 is 2.60 bits per heavy atom. The van der Waals surface area contributed by atoms with Gasteiger partial charge in [0.05, 0.1) is 5.71 Å². The molecule has 1 heterocycles. The molecule has 1 aliphatic heterocycles. The lowest BCUT2D eigenvalue weighted by molar-refractivity contribution is -0.129. The number of phenolic OH excluding ortho intramolecular Hbond substituents is 1. The summed E-state index contributed by atoms with van der Waals surface area (Å²) in [6, 6.07) is 3.54. The largest absolute Gasteiger partial charge is 0.507 e. The zero-order valence-electron chi connectivity index (χ0n) is 11.2. The van der Waals surface area contributed by atoms with Crippen LogP contribution in [0.4, 0.5) is 4.39 Å². The number of piperidine rings is 1. The number of amides is 1. The molecule has 0 unspecified atom stereocenters. The highest BCUT2D eigenvalue weighted by molar-refractivity contribution is 6.04. The molecule has 0 aromatic heterocycles. The van der Waals surface area contributed by atoms with Crippen molar-refractivity contribution in [2.75, 3.05) is 13.1 Å². The van der Waals surface area contributed by atoms with Gasteiger partial charge in [-0.25, -0.2) is 4.39 Å². The maximum absolute atomic E-state index is 13.3. The lowest BCUT2D eigenvalue weighted by Gasteiger charge is -2.31. The smallest absolute Gasteiger partial charge is 0.219 e. The molecule has 0 bridgehead atoms. The van der Waals surface area contributed by atoms with Crippen LogP contribution in [-0.4, -0.2) is 39.9 Å². The van der Waals surface area contributed by atoms with E-state index >= 15 is 0 Å². The van der Waals surface area contributed by atoms with Crippen molar-refractivity contribution in [3.63, 3.8) is 0 Å².